The number of ether oxygens (including phenoxy) is 2. The lowest BCUT2D eigenvalue weighted by Gasteiger charge is -2.35. The predicted octanol–water partition coefficient (Wildman–Crippen LogP) is 3.46. The van der Waals surface area contributed by atoms with Gasteiger partial charge in [-0.25, -0.2) is 13.2 Å². The van der Waals surface area contributed by atoms with Crippen LogP contribution < -0.4 is 24.0 Å². The first-order valence-corrected chi connectivity index (χ1v) is 12.2. The fraction of sp³-hybridized carbons (Fsp3) is 0.200. The quantitative estimate of drug-likeness (QED) is 0.538. The van der Waals surface area contributed by atoms with Gasteiger partial charge in [-0.1, -0.05) is 42.0 Å². The van der Waals surface area contributed by atoms with Gasteiger partial charge in [-0.05, 0) is 37.3 Å². The number of amides is 3. The molecule has 9 nitrogen and oxygen atoms in total. The van der Waals surface area contributed by atoms with Crippen molar-refractivity contribution in [2.45, 2.75) is 18.4 Å². The molecule has 0 saturated carbocycles. The minimum Gasteiger partial charge on any atom is -0.493 e. The van der Waals surface area contributed by atoms with Crippen LogP contribution in [0, 0.1) is 6.92 Å². The molecule has 0 aromatic heterocycles. The molecule has 0 radical (unpaired) electrons. The second-order valence-electron chi connectivity index (χ2n) is 7.87. The summed E-state index contributed by atoms with van der Waals surface area (Å²) in [6.07, 6.45) is 0. The molecule has 3 aromatic carbocycles. The van der Waals surface area contributed by atoms with Crippen molar-refractivity contribution in [3.8, 4) is 11.5 Å². The molecule has 0 spiro atoms. The molecule has 0 atom stereocenters. The molecule has 4 rings (SSSR count). The molecule has 0 saturated heterocycles. The third kappa shape index (κ3) is 4.52. The Morgan fingerprint density at radius 2 is 1.66 bits per heavy atom. The van der Waals surface area contributed by atoms with Gasteiger partial charge in [0.1, 0.15) is 11.4 Å². The number of carbonyl (C=O) groups is 2. The molecule has 35 heavy (non-hydrogen) atoms. The topological polar surface area (TPSA) is 105 Å². The number of para-hydroxylation sites is 2. The predicted molar refractivity (Wildman–Crippen MR) is 131 cm³/mol. The van der Waals surface area contributed by atoms with Crippen LogP contribution in [0.5, 0.6) is 11.5 Å². The van der Waals surface area contributed by atoms with Gasteiger partial charge in [0, 0.05) is 12.1 Å². The Kier molecular flexibility index (Phi) is 6.65. The van der Waals surface area contributed by atoms with Crippen molar-refractivity contribution in [1.82, 2.24) is 5.32 Å². The third-order valence-corrected chi connectivity index (χ3v) is 7.36. The molecule has 3 amide bonds. The van der Waals surface area contributed by atoms with E-state index in [1.54, 1.807) is 54.6 Å². The van der Waals surface area contributed by atoms with Crippen molar-refractivity contribution in [2.75, 3.05) is 30.0 Å². The first-order chi connectivity index (χ1) is 16.8. The van der Waals surface area contributed by atoms with E-state index in [1.807, 2.05) is 6.92 Å². The number of nitrogens with one attached hydrogen (secondary N) is 1. The third-order valence-electron chi connectivity index (χ3n) is 5.61. The van der Waals surface area contributed by atoms with Crippen LogP contribution in [0.2, 0.25) is 0 Å². The minimum atomic E-state index is -4.16. The standard InChI is InChI=1S/C25H25N3O6S/c1-17-11-13-19(14-12-17)28-25(30)27(20-8-4-5-10-22(20)35(28,31)32)16-23(29)26-15-18-7-6-9-21(33-2)24(18)34-3/h4-14H,15-16H2,1-3H3,(H,26,29). The number of fused-ring (bicyclic) bond motifs is 1. The highest BCUT2D eigenvalue weighted by molar-refractivity contribution is 7.94. The summed E-state index contributed by atoms with van der Waals surface area (Å²) in [6, 6.07) is 17.2. The van der Waals surface area contributed by atoms with Crippen molar-refractivity contribution in [2.24, 2.45) is 0 Å². The average molecular weight is 496 g/mol. The van der Waals surface area contributed by atoms with Crippen molar-refractivity contribution >= 4 is 33.3 Å². The lowest BCUT2D eigenvalue weighted by Crippen LogP contribution is -2.53. The van der Waals surface area contributed by atoms with Crippen molar-refractivity contribution in [3.05, 3.63) is 77.9 Å². The van der Waals surface area contributed by atoms with E-state index in [0.717, 1.165) is 14.8 Å². The van der Waals surface area contributed by atoms with E-state index in [4.69, 9.17) is 9.47 Å². The highest BCUT2D eigenvalue weighted by atomic mass is 32.2. The van der Waals surface area contributed by atoms with Crippen LogP contribution >= 0.6 is 0 Å². The van der Waals surface area contributed by atoms with Crippen molar-refractivity contribution in [1.29, 1.82) is 0 Å². The average Bonchev–Trinajstić information content (AvgIpc) is 2.86. The Labute approximate surface area is 203 Å². The van der Waals surface area contributed by atoms with Crippen LogP contribution in [0.15, 0.2) is 71.6 Å². The fourth-order valence-corrected chi connectivity index (χ4v) is 5.47. The van der Waals surface area contributed by atoms with Gasteiger partial charge in [-0.3, -0.25) is 9.69 Å². The number of hydrogen-bond donors (Lipinski definition) is 1. The number of sulfonamides is 1. The van der Waals surface area contributed by atoms with Gasteiger partial charge < -0.3 is 14.8 Å². The van der Waals surface area contributed by atoms with Crippen molar-refractivity contribution in [3.63, 3.8) is 0 Å². The zero-order valence-corrected chi connectivity index (χ0v) is 20.3. The summed E-state index contributed by atoms with van der Waals surface area (Å²) in [5, 5.41) is 2.77. The Bertz CT molecular complexity index is 1370. The Balaban J connectivity index is 1.62. The van der Waals surface area contributed by atoms with Gasteiger partial charge in [-0.15, -0.1) is 0 Å². The van der Waals surface area contributed by atoms with Gasteiger partial charge in [0.25, 0.3) is 10.0 Å². The molecule has 10 heteroatoms. The SMILES string of the molecule is COc1cccc(CNC(=O)CN2C(=O)N(c3ccc(C)cc3)S(=O)(=O)c3ccccc32)c1OC. The molecule has 1 heterocycles. The fourth-order valence-electron chi connectivity index (χ4n) is 3.88. The molecule has 1 aliphatic heterocycles. The van der Waals surface area contributed by atoms with E-state index in [1.165, 1.54) is 26.4 Å². The molecule has 0 unspecified atom stereocenters. The molecule has 1 aliphatic rings. The second-order valence-corrected chi connectivity index (χ2v) is 9.63. The maximum Gasteiger partial charge on any atom is 0.343 e. The number of carbonyl (C=O) groups excluding carboxylic acids is 2. The first-order valence-electron chi connectivity index (χ1n) is 10.8. The van der Waals surface area contributed by atoms with Crippen molar-refractivity contribution < 1.29 is 27.5 Å². The zero-order chi connectivity index (χ0) is 25.2. The van der Waals surface area contributed by atoms with E-state index in [0.29, 0.717) is 17.1 Å². The van der Waals surface area contributed by atoms with Crippen LogP contribution in [0.25, 0.3) is 0 Å². The number of methoxy groups -OCH3 is 2. The van der Waals surface area contributed by atoms with Crippen LogP contribution in [-0.2, 0) is 21.4 Å². The van der Waals surface area contributed by atoms with Crippen LogP contribution in [0.3, 0.4) is 0 Å². The molecule has 0 fully saturated rings. The van der Waals surface area contributed by atoms with Gasteiger partial charge in [0.15, 0.2) is 11.5 Å². The van der Waals surface area contributed by atoms with E-state index in [2.05, 4.69) is 5.32 Å². The smallest absolute Gasteiger partial charge is 0.343 e. The number of benzene rings is 3. The molecule has 3 aromatic rings. The van der Waals surface area contributed by atoms with Gasteiger partial charge in [-0.2, -0.15) is 4.31 Å². The molecular formula is C25H25N3O6S. The van der Waals surface area contributed by atoms with E-state index in [-0.39, 0.29) is 29.4 Å². The van der Waals surface area contributed by atoms with Crippen LogP contribution in [0.4, 0.5) is 16.2 Å². The first kappa shape index (κ1) is 24.1. The molecule has 1 N–H and O–H groups in total. The highest BCUT2D eigenvalue weighted by Crippen LogP contribution is 2.37. The minimum absolute atomic E-state index is 0.0533. The summed E-state index contributed by atoms with van der Waals surface area (Å²) >= 11 is 0. The van der Waals surface area contributed by atoms with Gasteiger partial charge >= 0.3 is 6.03 Å². The number of aryl methyl sites for hydroxylation is 1. The molecule has 0 bridgehead atoms. The monoisotopic (exact) mass is 495 g/mol. The Hall–Kier alpha value is -4.05. The molecule has 0 aliphatic carbocycles. The summed E-state index contributed by atoms with van der Waals surface area (Å²) in [7, 11) is -1.13. The van der Waals surface area contributed by atoms with E-state index < -0.39 is 22.0 Å². The second kappa shape index (κ2) is 9.67. The number of nitrogens with zero attached hydrogens (tertiary/aromatic N) is 2. The summed E-state index contributed by atoms with van der Waals surface area (Å²) in [5.74, 6) is 0.547. The van der Waals surface area contributed by atoms with Gasteiger partial charge in [0.05, 0.1) is 25.6 Å². The maximum atomic E-state index is 13.4. The Morgan fingerprint density at radius 3 is 2.34 bits per heavy atom. The summed E-state index contributed by atoms with van der Waals surface area (Å²) in [6.45, 7) is 1.61. The summed E-state index contributed by atoms with van der Waals surface area (Å²) in [4.78, 5) is 27.4. The highest BCUT2D eigenvalue weighted by Gasteiger charge is 2.43. The lowest BCUT2D eigenvalue weighted by atomic mass is 10.2. The van der Waals surface area contributed by atoms with Crippen LogP contribution in [-0.4, -0.2) is 41.1 Å². The molecular weight excluding hydrogens is 470 g/mol. The van der Waals surface area contributed by atoms with E-state index in [9.17, 15) is 18.0 Å². The number of anilines is 2. The molecule has 182 valence electrons. The number of urea groups is 1. The summed E-state index contributed by atoms with van der Waals surface area (Å²) in [5.41, 5.74) is 1.95. The maximum absolute atomic E-state index is 13.4. The summed E-state index contributed by atoms with van der Waals surface area (Å²) < 4.78 is 38.1. The lowest BCUT2D eigenvalue weighted by molar-refractivity contribution is -0.119. The number of rotatable bonds is 7. The van der Waals surface area contributed by atoms with Crippen LogP contribution in [0.1, 0.15) is 11.1 Å². The Morgan fingerprint density at radius 1 is 0.943 bits per heavy atom. The largest absolute Gasteiger partial charge is 0.493 e. The van der Waals surface area contributed by atoms with E-state index >= 15 is 0 Å². The zero-order valence-electron chi connectivity index (χ0n) is 19.5. The normalized spacial score (nSPS) is 14.3. The number of hydrogen-bond acceptors (Lipinski definition) is 6. The van der Waals surface area contributed by atoms with Gasteiger partial charge in [0.2, 0.25) is 5.91 Å².